The predicted octanol–water partition coefficient (Wildman–Crippen LogP) is 1.25. The third-order valence-corrected chi connectivity index (χ3v) is 3.14. The molecule has 1 aromatic carbocycles. The molecule has 2 N–H and O–H groups in total. The van der Waals surface area contributed by atoms with Gasteiger partial charge in [0.2, 0.25) is 5.91 Å². The smallest absolute Gasteiger partial charge is 0.328 e. The van der Waals surface area contributed by atoms with Crippen LogP contribution in [0.25, 0.3) is 6.08 Å². The highest BCUT2D eigenvalue weighted by Crippen LogP contribution is 2.14. The molecule has 0 unspecified atom stereocenters. The third kappa shape index (κ3) is 5.00. The molecule has 1 fully saturated rings. The highest BCUT2D eigenvalue weighted by Gasteiger charge is 2.15. The average molecular weight is 292 g/mol. The van der Waals surface area contributed by atoms with Crippen LogP contribution in [0.1, 0.15) is 17.5 Å². The molecule has 0 radical (unpaired) electrons. The molecule has 0 aromatic heterocycles. The van der Waals surface area contributed by atoms with Crippen LogP contribution in [0, 0.1) is 5.82 Å². The van der Waals surface area contributed by atoms with Crippen molar-refractivity contribution in [2.24, 2.45) is 0 Å². The van der Waals surface area contributed by atoms with E-state index < -0.39 is 11.8 Å². The van der Waals surface area contributed by atoms with Gasteiger partial charge in [0.25, 0.3) is 0 Å². The quantitative estimate of drug-likeness (QED) is 0.819. The van der Waals surface area contributed by atoms with Crippen LogP contribution in [-0.4, -0.2) is 41.5 Å². The Hall–Kier alpha value is -2.21. The Morgan fingerprint density at radius 1 is 1.43 bits per heavy atom. The fraction of sp³-hybridized carbons (Fsp3) is 0.333. The van der Waals surface area contributed by atoms with E-state index in [4.69, 9.17) is 5.11 Å². The van der Waals surface area contributed by atoms with Crippen LogP contribution in [0.4, 0.5) is 4.39 Å². The minimum Gasteiger partial charge on any atom is -0.478 e. The summed E-state index contributed by atoms with van der Waals surface area (Å²) in [4.78, 5) is 23.9. The monoisotopic (exact) mass is 292 g/mol. The number of benzene rings is 1. The first-order valence-corrected chi connectivity index (χ1v) is 6.72. The number of hydrogen-bond donors (Lipinski definition) is 2. The molecule has 112 valence electrons. The van der Waals surface area contributed by atoms with Crippen molar-refractivity contribution in [2.45, 2.75) is 13.0 Å². The molecule has 1 aliphatic heterocycles. The van der Waals surface area contributed by atoms with E-state index in [0.29, 0.717) is 18.7 Å². The van der Waals surface area contributed by atoms with Gasteiger partial charge in [-0.05, 0) is 35.8 Å². The van der Waals surface area contributed by atoms with E-state index in [0.717, 1.165) is 24.6 Å². The van der Waals surface area contributed by atoms with Crippen LogP contribution in [0.2, 0.25) is 0 Å². The molecule has 0 atom stereocenters. The lowest BCUT2D eigenvalue weighted by atomic mass is 10.1. The SMILES string of the molecule is O=C(O)C=Cc1cc(F)cc(CN2CCCNC(=O)C2)c1. The van der Waals surface area contributed by atoms with Gasteiger partial charge < -0.3 is 10.4 Å². The van der Waals surface area contributed by atoms with E-state index in [9.17, 15) is 14.0 Å². The number of carbonyl (C=O) groups excluding carboxylic acids is 1. The minimum atomic E-state index is -1.08. The van der Waals surface area contributed by atoms with Crippen molar-refractivity contribution in [1.82, 2.24) is 10.2 Å². The van der Waals surface area contributed by atoms with Crippen LogP contribution in [0.5, 0.6) is 0 Å². The van der Waals surface area contributed by atoms with E-state index in [1.54, 1.807) is 6.07 Å². The molecule has 1 saturated heterocycles. The van der Waals surface area contributed by atoms with E-state index in [-0.39, 0.29) is 12.5 Å². The van der Waals surface area contributed by atoms with Gasteiger partial charge in [0, 0.05) is 25.7 Å². The second-order valence-corrected chi connectivity index (χ2v) is 4.98. The summed E-state index contributed by atoms with van der Waals surface area (Å²) >= 11 is 0. The molecule has 1 aromatic rings. The molecule has 6 heteroatoms. The summed E-state index contributed by atoms with van der Waals surface area (Å²) in [5, 5.41) is 11.4. The number of carbonyl (C=O) groups is 2. The topological polar surface area (TPSA) is 69.6 Å². The van der Waals surface area contributed by atoms with E-state index >= 15 is 0 Å². The molecule has 21 heavy (non-hydrogen) atoms. The Balaban J connectivity index is 2.11. The summed E-state index contributed by atoms with van der Waals surface area (Å²) < 4.78 is 13.6. The number of hydrogen-bond acceptors (Lipinski definition) is 3. The number of aliphatic carboxylic acids is 1. The Morgan fingerprint density at radius 3 is 3.00 bits per heavy atom. The maximum absolute atomic E-state index is 13.6. The molecular formula is C15H17FN2O3. The van der Waals surface area contributed by atoms with Crippen LogP contribution < -0.4 is 5.32 Å². The van der Waals surface area contributed by atoms with Crippen LogP contribution in [0.15, 0.2) is 24.3 Å². The molecule has 0 spiro atoms. The first-order chi connectivity index (χ1) is 10.0. The Morgan fingerprint density at radius 2 is 2.24 bits per heavy atom. The minimum absolute atomic E-state index is 0.0325. The number of nitrogens with one attached hydrogen (secondary N) is 1. The summed E-state index contributed by atoms with van der Waals surface area (Å²) in [6.07, 6.45) is 3.18. The lowest BCUT2D eigenvalue weighted by Gasteiger charge is -2.18. The molecule has 0 aliphatic carbocycles. The van der Waals surface area contributed by atoms with Gasteiger partial charge in [-0.2, -0.15) is 0 Å². The van der Waals surface area contributed by atoms with Crippen LogP contribution >= 0.6 is 0 Å². The van der Waals surface area contributed by atoms with Gasteiger partial charge in [0.1, 0.15) is 5.82 Å². The van der Waals surface area contributed by atoms with Crippen molar-refractivity contribution in [3.63, 3.8) is 0 Å². The van der Waals surface area contributed by atoms with Crippen molar-refractivity contribution < 1.29 is 19.1 Å². The second-order valence-electron chi connectivity index (χ2n) is 4.98. The van der Waals surface area contributed by atoms with Crippen molar-refractivity contribution in [1.29, 1.82) is 0 Å². The maximum Gasteiger partial charge on any atom is 0.328 e. The van der Waals surface area contributed by atoms with Gasteiger partial charge in [-0.25, -0.2) is 9.18 Å². The summed E-state index contributed by atoms with van der Waals surface area (Å²) in [5.41, 5.74) is 1.21. The van der Waals surface area contributed by atoms with E-state index in [1.165, 1.54) is 18.2 Å². The lowest BCUT2D eigenvalue weighted by Crippen LogP contribution is -2.32. The zero-order chi connectivity index (χ0) is 15.2. The molecule has 5 nitrogen and oxygen atoms in total. The maximum atomic E-state index is 13.6. The molecular weight excluding hydrogens is 275 g/mol. The number of carboxylic acid groups (broad SMARTS) is 1. The number of halogens is 1. The fourth-order valence-corrected chi connectivity index (χ4v) is 2.29. The largest absolute Gasteiger partial charge is 0.478 e. The number of rotatable bonds is 4. The normalized spacial score (nSPS) is 16.7. The Bertz CT molecular complexity index is 572. The zero-order valence-electron chi connectivity index (χ0n) is 11.5. The summed E-state index contributed by atoms with van der Waals surface area (Å²) in [6.45, 7) is 2.16. The van der Waals surface area contributed by atoms with Gasteiger partial charge >= 0.3 is 5.97 Å². The van der Waals surface area contributed by atoms with Gasteiger partial charge in [0.15, 0.2) is 0 Å². The molecule has 1 heterocycles. The van der Waals surface area contributed by atoms with Crippen LogP contribution in [0.3, 0.4) is 0 Å². The molecule has 0 saturated carbocycles. The second kappa shape index (κ2) is 6.99. The highest BCUT2D eigenvalue weighted by molar-refractivity contribution is 5.85. The van der Waals surface area contributed by atoms with Gasteiger partial charge in [-0.15, -0.1) is 0 Å². The van der Waals surface area contributed by atoms with Crippen molar-refractivity contribution >= 4 is 18.0 Å². The predicted molar refractivity (Wildman–Crippen MR) is 76.0 cm³/mol. The standard InChI is InChI=1S/C15H17FN2O3/c16-13-7-11(2-3-15(20)21)6-12(8-13)9-18-5-1-4-17-14(19)10-18/h2-3,6-8H,1,4-5,9-10H2,(H,17,19)(H,20,21). The molecule has 1 amide bonds. The molecule has 2 rings (SSSR count). The van der Waals surface area contributed by atoms with Crippen molar-refractivity contribution in [3.05, 3.63) is 41.2 Å². The van der Waals surface area contributed by atoms with Gasteiger partial charge in [0.05, 0.1) is 6.54 Å². The van der Waals surface area contributed by atoms with Gasteiger partial charge in [-0.1, -0.05) is 6.07 Å². The molecule has 0 bridgehead atoms. The number of nitrogens with zero attached hydrogens (tertiary/aromatic N) is 1. The summed E-state index contributed by atoms with van der Waals surface area (Å²) in [7, 11) is 0. The number of carboxylic acids is 1. The first kappa shape index (κ1) is 15.2. The van der Waals surface area contributed by atoms with E-state index in [1.807, 2.05) is 4.90 Å². The summed E-state index contributed by atoms with van der Waals surface area (Å²) in [6, 6.07) is 4.41. The molecule has 1 aliphatic rings. The Kier molecular flexibility index (Phi) is 5.05. The zero-order valence-corrected chi connectivity index (χ0v) is 11.5. The summed E-state index contributed by atoms with van der Waals surface area (Å²) in [5.74, 6) is -1.53. The van der Waals surface area contributed by atoms with Crippen LogP contribution in [-0.2, 0) is 16.1 Å². The fourth-order valence-electron chi connectivity index (χ4n) is 2.29. The van der Waals surface area contributed by atoms with E-state index in [2.05, 4.69) is 5.32 Å². The van der Waals surface area contributed by atoms with Crippen molar-refractivity contribution in [3.8, 4) is 0 Å². The van der Waals surface area contributed by atoms with Crippen molar-refractivity contribution in [2.75, 3.05) is 19.6 Å². The number of amides is 1. The average Bonchev–Trinajstić information content (AvgIpc) is 2.60. The third-order valence-electron chi connectivity index (χ3n) is 3.14. The van der Waals surface area contributed by atoms with Gasteiger partial charge in [-0.3, -0.25) is 9.69 Å². The Labute approximate surface area is 122 Å². The lowest BCUT2D eigenvalue weighted by molar-refractivity contribution is -0.131. The first-order valence-electron chi connectivity index (χ1n) is 6.72. The highest BCUT2D eigenvalue weighted by atomic mass is 19.1.